The maximum atomic E-state index is 13.0. The molecule has 0 saturated carbocycles. The van der Waals surface area contributed by atoms with Crippen LogP contribution in [0.2, 0.25) is 0 Å². The van der Waals surface area contributed by atoms with Crippen LogP contribution in [-0.4, -0.2) is 52.4 Å². The van der Waals surface area contributed by atoms with Gasteiger partial charge in [-0.2, -0.15) is 5.10 Å². The van der Waals surface area contributed by atoms with E-state index in [9.17, 15) is 19.8 Å². The van der Waals surface area contributed by atoms with E-state index in [0.29, 0.717) is 27.6 Å². The predicted octanol–water partition coefficient (Wildman–Crippen LogP) is 3.45. The maximum absolute atomic E-state index is 13.0. The number of benzene rings is 3. The Morgan fingerprint density at radius 1 is 0.938 bits per heavy atom. The molecule has 0 spiro atoms. The number of nitrogens with zero attached hydrogens (tertiary/aromatic N) is 2. The zero-order valence-electron chi connectivity index (χ0n) is 16.9. The number of rotatable bonds is 6. The van der Waals surface area contributed by atoms with Crippen molar-refractivity contribution in [3.63, 3.8) is 0 Å². The first-order valence-corrected chi connectivity index (χ1v) is 10.9. The summed E-state index contributed by atoms with van der Waals surface area (Å²) >= 11 is 1.65. The first-order chi connectivity index (χ1) is 15.6. The Hall–Kier alpha value is -3.59. The third-order valence-electron chi connectivity index (χ3n) is 5.63. The molecular formula is C24H19N3O4S. The van der Waals surface area contributed by atoms with Gasteiger partial charge in [-0.15, -0.1) is 11.3 Å². The molecule has 3 aromatic carbocycles. The van der Waals surface area contributed by atoms with Crippen molar-refractivity contribution >= 4 is 55.9 Å². The van der Waals surface area contributed by atoms with E-state index in [4.69, 9.17) is 0 Å². The highest BCUT2D eigenvalue weighted by atomic mass is 32.1. The van der Waals surface area contributed by atoms with E-state index in [1.54, 1.807) is 41.8 Å². The van der Waals surface area contributed by atoms with E-state index in [2.05, 4.69) is 16.6 Å². The second kappa shape index (κ2) is 8.16. The summed E-state index contributed by atoms with van der Waals surface area (Å²) in [6.07, 6.45) is 1.75. The molecule has 7 nitrogen and oxygen atoms in total. The number of hydrogen-bond donors (Lipinski definition) is 3. The molecule has 1 aliphatic heterocycles. The Balaban J connectivity index is 1.52. The minimum atomic E-state index is -0.985. The number of aliphatic hydroxyl groups is 2. The van der Waals surface area contributed by atoms with Gasteiger partial charge >= 0.3 is 0 Å². The fourth-order valence-electron chi connectivity index (χ4n) is 4.03. The average Bonchev–Trinajstić information content (AvgIpc) is 3.24. The molecule has 5 rings (SSSR count). The lowest BCUT2D eigenvalue weighted by Gasteiger charge is -2.32. The summed E-state index contributed by atoms with van der Waals surface area (Å²) in [7, 11) is 0. The molecule has 4 aromatic rings. The molecule has 0 saturated heterocycles. The third-order valence-corrected chi connectivity index (χ3v) is 6.61. The number of hydrazone groups is 1. The van der Waals surface area contributed by atoms with Crippen LogP contribution in [0.5, 0.6) is 0 Å². The van der Waals surface area contributed by atoms with Crippen molar-refractivity contribution in [3.8, 4) is 0 Å². The number of imide groups is 1. The molecule has 1 aliphatic rings. The zero-order valence-corrected chi connectivity index (χ0v) is 17.7. The number of anilines is 1. The molecule has 0 bridgehead atoms. The Kier molecular flexibility index (Phi) is 5.18. The monoisotopic (exact) mass is 445 g/mol. The molecule has 0 aliphatic carbocycles. The smallest absolute Gasteiger partial charge is 0.261 e. The van der Waals surface area contributed by atoms with Gasteiger partial charge in [-0.05, 0) is 24.3 Å². The van der Waals surface area contributed by atoms with Gasteiger partial charge in [0, 0.05) is 42.9 Å². The number of amides is 2. The number of thiophene rings is 1. The topological polar surface area (TPSA) is 102 Å². The van der Waals surface area contributed by atoms with E-state index < -0.39 is 31.1 Å². The van der Waals surface area contributed by atoms with Gasteiger partial charge in [0.15, 0.2) is 0 Å². The van der Waals surface area contributed by atoms with E-state index in [1.807, 2.05) is 29.6 Å². The first-order valence-electron chi connectivity index (χ1n) is 10.0. The van der Waals surface area contributed by atoms with Crippen LogP contribution in [0, 0.1) is 0 Å². The second-order valence-corrected chi connectivity index (χ2v) is 8.36. The number of carbonyl (C=O) groups excluding carboxylic acids is 2. The van der Waals surface area contributed by atoms with Crippen LogP contribution in [-0.2, 0) is 0 Å². The second-order valence-electron chi connectivity index (χ2n) is 7.45. The zero-order chi connectivity index (χ0) is 22.2. The van der Waals surface area contributed by atoms with Crippen molar-refractivity contribution in [1.82, 2.24) is 4.90 Å². The molecule has 0 atom stereocenters. The summed E-state index contributed by atoms with van der Waals surface area (Å²) in [5.74, 6) is -1.07. The summed E-state index contributed by atoms with van der Waals surface area (Å²) < 4.78 is 1.18. The van der Waals surface area contributed by atoms with Crippen LogP contribution in [0.25, 0.3) is 20.9 Å². The van der Waals surface area contributed by atoms with Crippen LogP contribution in [0.4, 0.5) is 5.69 Å². The van der Waals surface area contributed by atoms with Gasteiger partial charge in [-0.25, -0.2) is 0 Å². The van der Waals surface area contributed by atoms with E-state index in [-0.39, 0.29) is 0 Å². The summed E-state index contributed by atoms with van der Waals surface area (Å²) in [5.41, 5.74) is 5.40. The SMILES string of the molecule is O=C1c2cccc3c(N/N=C/c4csc5ccccc45)ccc(c23)C(=O)N1C(CO)CO. The minimum Gasteiger partial charge on any atom is -0.394 e. The highest BCUT2D eigenvalue weighted by molar-refractivity contribution is 7.17. The summed E-state index contributed by atoms with van der Waals surface area (Å²) in [6.45, 7) is -1.02. The molecule has 1 aromatic heterocycles. The van der Waals surface area contributed by atoms with Crippen molar-refractivity contribution in [1.29, 1.82) is 0 Å². The van der Waals surface area contributed by atoms with Gasteiger partial charge in [0.25, 0.3) is 11.8 Å². The van der Waals surface area contributed by atoms with Gasteiger partial charge in [-0.1, -0.05) is 30.3 Å². The van der Waals surface area contributed by atoms with Crippen molar-refractivity contribution in [2.24, 2.45) is 5.10 Å². The van der Waals surface area contributed by atoms with Gasteiger partial charge < -0.3 is 10.2 Å². The Morgan fingerprint density at radius 2 is 1.66 bits per heavy atom. The molecule has 0 unspecified atom stereocenters. The van der Waals surface area contributed by atoms with E-state index in [1.165, 1.54) is 4.70 Å². The summed E-state index contributed by atoms with van der Waals surface area (Å²) in [4.78, 5) is 27.0. The number of hydrogen-bond acceptors (Lipinski definition) is 7. The van der Waals surface area contributed by atoms with Gasteiger partial charge in [-0.3, -0.25) is 19.9 Å². The van der Waals surface area contributed by atoms with Crippen molar-refractivity contribution in [2.75, 3.05) is 18.6 Å². The molecule has 0 radical (unpaired) electrons. The molecular weight excluding hydrogens is 426 g/mol. The quantitative estimate of drug-likeness (QED) is 0.240. The molecule has 8 heteroatoms. The summed E-state index contributed by atoms with van der Waals surface area (Å²) in [5, 5.41) is 27.8. The van der Waals surface area contributed by atoms with Crippen LogP contribution >= 0.6 is 11.3 Å². The third kappa shape index (κ3) is 3.16. The first kappa shape index (κ1) is 20.3. The van der Waals surface area contributed by atoms with E-state index in [0.717, 1.165) is 15.8 Å². The van der Waals surface area contributed by atoms with Gasteiger partial charge in [0.05, 0.1) is 31.2 Å². The molecule has 2 heterocycles. The standard InChI is InChI=1S/C24H19N3O4S/c28-11-15(12-29)27-23(30)18-6-3-5-17-20(9-8-19(22(17)18)24(27)31)26-25-10-14-13-32-21-7-2-1-4-16(14)21/h1-10,13,15,26,28-29H,11-12H2/b25-10+. The largest absolute Gasteiger partial charge is 0.394 e. The van der Waals surface area contributed by atoms with Gasteiger partial charge in [0.2, 0.25) is 0 Å². The number of carbonyl (C=O) groups is 2. The van der Waals surface area contributed by atoms with Crippen LogP contribution in [0.1, 0.15) is 26.3 Å². The number of aliphatic hydroxyl groups excluding tert-OH is 2. The molecule has 3 N–H and O–H groups in total. The Morgan fingerprint density at radius 3 is 2.44 bits per heavy atom. The molecule has 160 valence electrons. The van der Waals surface area contributed by atoms with Crippen molar-refractivity contribution in [2.45, 2.75) is 6.04 Å². The lowest BCUT2D eigenvalue weighted by Crippen LogP contribution is -2.50. The molecule has 2 amide bonds. The molecule has 0 fully saturated rings. The summed E-state index contributed by atoms with van der Waals surface area (Å²) in [6, 6.07) is 15.7. The van der Waals surface area contributed by atoms with Crippen molar-refractivity contribution < 1.29 is 19.8 Å². The van der Waals surface area contributed by atoms with Crippen LogP contribution in [0.3, 0.4) is 0 Å². The van der Waals surface area contributed by atoms with Crippen molar-refractivity contribution in [3.05, 3.63) is 76.7 Å². The van der Waals surface area contributed by atoms with Crippen LogP contribution in [0.15, 0.2) is 65.1 Å². The highest BCUT2D eigenvalue weighted by Gasteiger charge is 2.37. The molecule has 32 heavy (non-hydrogen) atoms. The highest BCUT2D eigenvalue weighted by Crippen LogP contribution is 2.35. The normalized spacial score (nSPS) is 13.8. The Labute approximate surface area is 187 Å². The lowest BCUT2D eigenvalue weighted by atomic mass is 9.92. The van der Waals surface area contributed by atoms with Gasteiger partial charge in [0.1, 0.15) is 0 Å². The maximum Gasteiger partial charge on any atom is 0.261 e. The lowest BCUT2D eigenvalue weighted by molar-refractivity contribution is 0.0375. The number of fused-ring (bicyclic) bond motifs is 1. The number of nitrogens with one attached hydrogen (secondary N) is 1. The minimum absolute atomic E-state index is 0.348. The fourth-order valence-corrected chi connectivity index (χ4v) is 4.95. The van der Waals surface area contributed by atoms with E-state index >= 15 is 0 Å². The average molecular weight is 446 g/mol. The Bertz CT molecular complexity index is 1370. The van der Waals surface area contributed by atoms with Crippen LogP contribution < -0.4 is 5.43 Å². The fraction of sp³-hybridized carbons (Fsp3) is 0.125. The predicted molar refractivity (Wildman–Crippen MR) is 125 cm³/mol.